The van der Waals surface area contributed by atoms with Gasteiger partial charge in [0.05, 0.1) is 4.75 Å². The Hall–Kier alpha value is -1.25. The molecule has 110 valence electrons. The number of benzene rings is 2. The summed E-state index contributed by atoms with van der Waals surface area (Å²) >= 11 is 2.12. The first-order chi connectivity index (χ1) is 10.3. The van der Waals surface area contributed by atoms with E-state index in [0.29, 0.717) is 5.25 Å². The van der Waals surface area contributed by atoms with E-state index in [4.69, 9.17) is 0 Å². The average molecular weight is 297 g/mol. The zero-order valence-corrected chi connectivity index (χ0v) is 13.6. The van der Waals surface area contributed by atoms with Crippen LogP contribution in [0.1, 0.15) is 41.7 Å². The molecular weight excluding hydrogens is 274 g/mol. The fourth-order valence-corrected chi connectivity index (χ4v) is 5.21. The van der Waals surface area contributed by atoms with Gasteiger partial charge in [-0.15, -0.1) is 11.8 Å². The van der Waals surface area contributed by atoms with Crippen LogP contribution in [0.5, 0.6) is 0 Å². The number of fused-ring (bicyclic) bond motifs is 1. The first-order valence-electron chi connectivity index (χ1n) is 7.75. The van der Waals surface area contributed by atoms with Crippen molar-refractivity contribution in [2.24, 2.45) is 0 Å². The SMILES string of the molecule is CNCCCC1(c2ccccc2)SC(C)c2ccccc21. The summed E-state index contributed by atoms with van der Waals surface area (Å²) in [5.74, 6) is 0. The Bertz CT molecular complexity index is 596. The van der Waals surface area contributed by atoms with Crippen molar-refractivity contribution in [2.75, 3.05) is 13.6 Å². The van der Waals surface area contributed by atoms with Crippen LogP contribution in [0, 0.1) is 0 Å². The van der Waals surface area contributed by atoms with Crippen molar-refractivity contribution in [3.8, 4) is 0 Å². The second kappa shape index (κ2) is 6.25. The minimum atomic E-state index is 0.119. The Morgan fingerprint density at radius 1 is 1.05 bits per heavy atom. The lowest BCUT2D eigenvalue weighted by atomic mass is 9.84. The predicted octanol–water partition coefficient (Wildman–Crippen LogP) is 4.74. The topological polar surface area (TPSA) is 12.0 Å². The minimum absolute atomic E-state index is 0.119. The van der Waals surface area contributed by atoms with Crippen molar-refractivity contribution in [1.82, 2.24) is 5.32 Å². The van der Waals surface area contributed by atoms with Gasteiger partial charge in [-0.3, -0.25) is 0 Å². The molecule has 2 atom stereocenters. The van der Waals surface area contributed by atoms with Crippen LogP contribution in [0.2, 0.25) is 0 Å². The molecule has 0 radical (unpaired) electrons. The van der Waals surface area contributed by atoms with Crippen molar-refractivity contribution in [3.05, 3.63) is 71.3 Å². The van der Waals surface area contributed by atoms with Gasteiger partial charge < -0.3 is 5.32 Å². The van der Waals surface area contributed by atoms with Crippen LogP contribution in [0.3, 0.4) is 0 Å². The van der Waals surface area contributed by atoms with Gasteiger partial charge in [0.25, 0.3) is 0 Å². The van der Waals surface area contributed by atoms with Gasteiger partial charge in [-0.25, -0.2) is 0 Å². The average Bonchev–Trinajstić information content (AvgIpc) is 2.83. The molecule has 2 aromatic carbocycles. The van der Waals surface area contributed by atoms with Gasteiger partial charge in [0, 0.05) is 5.25 Å². The molecule has 1 nitrogen and oxygen atoms in total. The van der Waals surface area contributed by atoms with Crippen LogP contribution in [-0.2, 0) is 4.75 Å². The number of nitrogens with one attached hydrogen (secondary N) is 1. The Morgan fingerprint density at radius 3 is 2.52 bits per heavy atom. The number of hydrogen-bond acceptors (Lipinski definition) is 2. The van der Waals surface area contributed by atoms with Gasteiger partial charge >= 0.3 is 0 Å². The van der Waals surface area contributed by atoms with E-state index >= 15 is 0 Å². The molecule has 0 aromatic heterocycles. The summed E-state index contributed by atoms with van der Waals surface area (Å²) in [5.41, 5.74) is 4.48. The van der Waals surface area contributed by atoms with E-state index in [2.05, 4.69) is 78.6 Å². The lowest BCUT2D eigenvalue weighted by Crippen LogP contribution is -2.23. The summed E-state index contributed by atoms with van der Waals surface area (Å²) in [7, 11) is 2.04. The summed E-state index contributed by atoms with van der Waals surface area (Å²) in [6.07, 6.45) is 2.38. The fraction of sp³-hybridized carbons (Fsp3) is 0.368. The molecule has 0 spiro atoms. The molecule has 21 heavy (non-hydrogen) atoms. The number of hydrogen-bond donors (Lipinski definition) is 1. The summed E-state index contributed by atoms with van der Waals surface area (Å²) in [5, 5.41) is 3.85. The van der Waals surface area contributed by atoms with Crippen molar-refractivity contribution >= 4 is 11.8 Å². The highest BCUT2D eigenvalue weighted by atomic mass is 32.2. The zero-order valence-electron chi connectivity index (χ0n) is 12.8. The molecule has 0 bridgehead atoms. The van der Waals surface area contributed by atoms with Crippen LogP contribution >= 0.6 is 11.8 Å². The van der Waals surface area contributed by atoms with Crippen molar-refractivity contribution in [1.29, 1.82) is 0 Å². The van der Waals surface area contributed by atoms with Gasteiger partial charge in [0.15, 0.2) is 0 Å². The lowest BCUT2D eigenvalue weighted by molar-refractivity contribution is 0.598. The molecule has 1 aliphatic rings. The van der Waals surface area contributed by atoms with Gasteiger partial charge in [0.1, 0.15) is 0 Å². The summed E-state index contributed by atoms with van der Waals surface area (Å²) in [6.45, 7) is 3.41. The van der Waals surface area contributed by atoms with E-state index in [0.717, 1.165) is 6.54 Å². The third kappa shape index (κ3) is 2.63. The van der Waals surface area contributed by atoms with Crippen LogP contribution in [0.15, 0.2) is 54.6 Å². The van der Waals surface area contributed by atoms with Gasteiger partial charge in [-0.1, -0.05) is 54.6 Å². The Kier molecular flexibility index (Phi) is 4.37. The zero-order chi connectivity index (χ0) is 14.7. The van der Waals surface area contributed by atoms with Crippen molar-refractivity contribution in [2.45, 2.75) is 29.8 Å². The van der Waals surface area contributed by atoms with Crippen molar-refractivity contribution < 1.29 is 0 Å². The van der Waals surface area contributed by atoms with Crippen LogP contribution in [-0.4, -0.2) is 13.6 Å². The fourth-order valence-electron chi connectivity index (χ4n) is 3.43. The highest BCUT2D eigenvalue weighted by molar-refractivity contribution is 8.01. The van der Waals surface area contributed by atoms with Crippen molar-refractivity contribution in [3.63, 3.8) is 0 Å². The molecule has 2 aromatic rings. The van der Waals surface area contributed by atoms with E-state index < -0.39 is 0 Å². The summed E-state index contributed by atoms with van der Waals surface area (Å²) < 4.78 is 0.119. The maximum Gasteiger partial charge on any atom is 0.0666 e. The third-order valence-electron chi connectivity index (χ3n) is 4.41. The lowest BCUT2D eigenvalue weighted by Gasteiger charge is -2.31. The second-order valence-electron chi connectivity index (χ2n) is 5.75. The van der Waals surface area contributed by atoms with E-state index in [-0.39, 0.29) is 4.75 Å². The highest BCUT2D eigenvalue weighted by Gasteiger charge is 2.43. The van der Waals surface area contributed by atoms with Crippen LogP contribution in [0.25, 0.3) is 0 Å². The summed E-state index contributed by atoms with van der Waals surface area (Å²) in [6, 6.07) is 20.0. The molecule has 0 saturated heterocycles. The minimum Gasteiger partial charge on any atom is -0.320 e. The molecule has 0 saturated carbocycles. The maximum atomic E-state index is 3.29. The van der Waals surface area contributed by atoms with Gasteiger partial charge in [-0.05, 0) is 50.0 Å². The Balaban J connectivity index is 2.06. The first-order valence-corrected chi connectivity index (χ1v) is 8.63. The third-order valence-corrected chi connectivity index (χ3v) is 6.08. The maximum absolute atomic E-state index is 3.29. The molecule has 0 fully saturated rings. The molecule has 2 heteroatoms. The molecule has 1 N–H and O–H groups in total. The van der Waals surface area contributed by atoms with E-state index in [1.54, 1.807) is 0 Å². The van der Waals surface area contributed by atoms with Gasteiger partial charge in [0.2, 0.25) is 0 Å². The molecule has 1 heterocycles. The van der Waals surface area contributed by atoms with Crippen LogP contribution < -0.4 is 5.32 Å². The molecule has 1 aliphatic heterocycles. The van der Waals surface area contributed by atoms with E-state index in [1.165, 1.54) is 29.5 Å². The monoisotopic (exact) mass is 297 g/mol. The number of rotatable bonds is 5. The summed E-state index contributed by atoms with van der Waals surface area (Å²) in [4.78, 5) is 0. The Labute approximate surface area is 132 Å². The first kappa shape index (κ1) is 14.7. The Morgan fingerprint density at radius 2 is 1.76 bits per heavy atom. The largest absolute Gasteiger partial charge is 0.320 e. The smallest absolute Gasteiger partial charge is 0.0666 e. The quantitative estimate of drug-likeness (QED) is 0.800. The predicted molar refractivity (Wildman–Crippen MR) is 92.8 cm³/mol. The molecule has 0 amide bonds. The van der Waals surface area contributed by atoms with Gasteiger partial charge in [-0.2, -0.15) is 0 Å². The van der Waals surface area contributed by atoms with E-state index in [9.17, 15) is 0 Å². The second-order valence-corrected chi connectivity index (χ2v) is 7.39. The molecule has 2 unspecified atom stereocenters. The van der Waals surface area contributed by atoms with Crippen LogP contribution in [0.4, 0.5) is 0 Å². The molecular formula is C19H23NS. The van der Waals surface area contributed by atoms with E-state index in [1.807, 2.05) is 7.05 Å². The molecule has 0 aliphatic carbocycles. The molecule has 3 rings (SSSR count). The normalized spacial score (nSPS) is 24.0. The highest BCUT2D eigenvalue weighted by Crippen LogP contribution is 2.59. The number of thioether (sulfide) groups is 1. The standard InChI is InChI=1S/C19H23NS/c1-15-17-11-6-7-12-18(17)19(21-15,13-8-14-20-2)16-9-4-3-5-10-16/h3-7,9-12,15,20H,8,13-14H2,1-2H3.